The summed E-state index contributed by atoms with van der Waals surface area (Å²) in [5.41, 5.74) is 0. The van der Waals surface area contributed by atoms with Crippen molar-refractivity contribution >= 4 is 11.7 Å². The zero-order chi connectivity index (χ0) is 14.2. The van der Waals surface area contributed by atoms with Gasteiger partial charge >= 0.3 is 0 Å². The van der Waals surface area contributed by atoms with Crippen molar-refractivity contribution in [3.05, 3.63) is 18.6 Å². The van der Waals surface area contributed by atoms with Crippen LogP contribution >= 0.6 is 0 Å². The number of aromatic nitrogens is 2. The first-order chi connectivity index (χ1) is 10.3. The lowest BCUT2D eigenvalue weighted by molar-refractivity contribution is -0.136. The van der Waals surface area contributed by atoms with Crippen molar-refractivity contribution < 1.29 is 4.79 Å². The normalized spacial score (nSPS) is 31.7. The van der Waals surface area contributed by atoms with Gasteiger partial charge in [0.25, 0.3) is 0 Å². The number of piperazine rings is 1. The summed E-state index contributed by atoms with van der Waals surface area (Å²) in [6.45, 7) is 3.28. The molecule has 1 amide bonds. The minimum Gasteiger partial charge on any atom is -0.352 e. The van der Waals surface area contributed by atoms with Crippen molar-refractivity contribution in [2.75, 3.05) is 31.1 Å². The quantitative estimate of drug-likeness (QED) is 0.846. The van der Waals surface area contributed by atoms with Crippen LogP contribution in [-0.4, -0.2) is 59.0 Å². The molecule has 1 N–H and O–H groups in total. The van der Waals surface area contributed by atoms with Gasteiger partial charge in [-0.3, -0.25) is 9.78 Å². The van der Waals surface area contributed by atoms with Crippen molar-refractivity contribution in [3.8, 4) is 0 Å². The van der Waals surface area contributed by atoms with Gasteiger partial charge in [0, 0.05) is 50.7 Å². The molecule has 6 nitrogen and oxygen atoms in total. The topological polar surface area (TPSA) is 61.4 Å². The minimum absolute atomic E-state index is 0.215. The molecule has 112 valence electrons. The summed E-state index contributed by atoms with van der Waals surface area (Å²) < 4.78 is 0. The van der Waals surface area contributed by atoms with Crippen molar-refractivity contribution in [3.63, 3.8) is 0 Å². The van der Waals surface area contributed by atoms with Gasteiger partial charge in [0.15, 0.2) is 0 Å². The number of nitrogens with one attached hydrogen (secondary N) is 1. The van der Waals surface area contributed by atoms with Crippen molar-refractivity contribution in [1.29, 1.82) is 0 Å². The summed E-state index contributed by atoms with van der Waals surface area (Å²) in [6, 6.07) is 1.02. The van der Waals surface area contributed by atoms with E-state index in [4.69, 9.17) is 0 Å². The van der Waals surface area contributed by atoms with Gasteiger partial charge in [0.05, 0.1) is 12.1 Å². The van der Waals surface area contributed by atoms with E-state index >= 15 is 0 Å². The third kappa shape index (κ3) is 2.37. The van der Waals surface area contributed by atoms with Crippen molar-refractivity contribution in [2.24, 2.45) is 5.92 Å². The third-order valence-electron chi connectivity index (χ3n) is 5.08. The Hall–Kier alpha value is -1.69. The third-order valence-corrected chi connectivity index (χ3v) is 5.08. The molecule has 1 aromatic rings. The molecule has 3 saturated heterocycles. The maximum Gasteiger partial charge on any atom is 0.227 e. The standard InChI is InChI=1S/C15H21N5O/c21-15(12-9-11-1-2-13(12)18-11)20-7-5-19(6-8-20)14-10-16-3-4-17-14/h3-4,10-13,18H,1-2,5-9H2. The number of anilines is 1. The van der Waals surface area contributed by atoms with E-state index in [9.17, 15) is 4.79 Å². The van der Waals surface area contributed by atoms with Gasteiger partial charge in [-0.05, 0) is 19.3 Å². The molecule has 3 aliphatic heterocycles. The van der Waals surface area contributed by atoms with E-state index in [-0.39, 0.29) is 5.92 Å². The lowest BCUT2D eigenvalue weighted by atomic mass is 9.88. The molecule has 21 heavy (non-hydrogen) atoms. The minimum atomic E-state index is 0.215. The molecule has 3 fully saturated rings. The first-order valence-corrected chi connectivity index (χ1v) is 7.87. The fourth-order valence-corrected chi connectivity index (χ4v) is 3.94. The molecule has 0 saturated carbocycles. The molecular weight excluding hydrogens is 266 g/mol. The van der Waals surface area contributed by atoms with E-state index in [0.717, 1.165) is 38.4 Å². The van der Waals surface area contributed by atoms with Crippen molar-refractivity contribution in [1.82, 2.24) is 20.2 Å². The molecule has 3 unspecified atom stereocenters. The first-order valence-electron chi connectivity index (χ1n) is 7.87. The fourth-order valence-electron chi connectivity index (χ4n) is 3.94. The SMILES string of the molecule is O=C(C1CC2CCC1N2)N1CCN(c2cnccn2)CC1. The van der Waals surface area contributed by atoms with Gasteiger partial charge in [-0.1, -0.05) is 0 Å². The van der Waals surface area contributed by atoms with Crippen LogP contribution in [0, 0.1) is 5.92 Å². The Morgan fingerprint density at radius 2 is 2.05 bits per heavy atom. The van der Waals surface area contributed by atoms with E-state index in [1.54, 1.807) is 18.6 Å². The van der Waals surface area contributed by atoms with E-state index < -0.39 is 0 Å². The number of hydrogen-bond acceptors (Lipinski definition) is 5. The van der Waals surface area contributed by atoms with Crippen LogP contribution in [0.2, 0.25) is 0 Å². The van der Waals surface area contributed by atoms with Crippen LogP contribution in [0.15, 0.2) is 18.6 Å². The molecule has 6 heteroatoms. The lowest BCUT2D eigenvalue weighted by Crippen LogP contribution is -2.52. The number of fused-ring (bicyclic) bond motifs is 2. The number of amides is 1. The van der Waals surface area contributed by atoms with E-state index in [0.29, 0.717) is 18.0 Å². The largest absolute Gasteiger partial charge is 0.352 e. The first kappa shape index (κ1) is 13.0. The zero-order valence-electron chi connectivity index (χ0n) is 12.1. The van der Waals surface area contributed by atoms with Gasteiger partial charge in [-0.2, -0.15) is 0 Å². The van der Waals surface area contributed by atoms with Gasteiger partial charge in [0.2, 0.25) is 5.91 Å². The Balaban J connectivity index is 1.36. The molecule has 4 rings (SSSR count). The zero-order valence-corrected chi connectivity index (χ0v) is 12.1. The average Bonchev–Trinajstić information content (AvgIpc) is 3.18. The van der Waals surface area contributed by atoms with E-state index in [2.05, 4.69) is 20.2 Å². The summed E-state index contributed by atoms with van der Waals surface area (Å²) in [4.78, 5) is 25.4. The molecule has 0 spiro atoms. The summed E-state index contributed by atoms with van der Waals surface area (Å²) in [5, 5.41) is 3.56. The summed E-state index contributed by atoms with van der Waals surface area (Å²) >= 11 is 0. The number of hydrogen-bond donors (Lipinski definition) is 1. The van der Waals surface area contributed by atoms with Gasteiger partial charge in [0.1, 0.15) is 5.82 Å². The van der Waals surface area contributed by atoms with Crippen LogP contribution in [0.1, 0.15) is 19.3 Å². The predicted molar refractivity (Wildman–Crippen MR) is 78.9 cm³/mol. The Kier molecular flexibility index (Phi) is 3.25. The lowest BCUT2D eigenvalue weighted by Gasteiger charge is -2.37. The van der Waals surface area contributed by atoms with E-state index in [1.165, 1.54) is 12.8 Å². The summed E-state index contributed by atoms with van der Waals surface area (Å²) in [7, 11) is 0. The molecule has 0 radical (unpaired) electrons. The molecule has 0 aliphatic carbocycles. The van der Waals surface area contributed by atoms with Crippen LogP contribution < -0.4 is 10.2 Å². The second kappa shape index (κ2) is 5.26. The Morgan fingerprint density at radius 3 is 2.67 bits per heavy atom. The summed E-state index contributed by atoms with van der Waals surface area (Å²) in [5.74, 6) is 1.48. The number of carbonyl (C=O) groups is 1. The molecule has 1 aromatic heterocycles. The Labute approximate surface area is 124 Å². The second-order valence-electron chi connectivity index (χ2n) is 6.27. The maximum atomic E-state index is 12.7. The Bertz CT molecular complexity index is 514. The highest BCUT2D eigenvalue weighted by Gasteiger charge is 2.44. The average molecular weight is 287 g/mol. The van der Waals surface area contributed by atoms with Crippen LogP contribution in [0.4, 0.5) is 5.82 Å². The predicted octanol–water partition coefficient (Wildman–Crippen LogP) is 0.266. The maximum absolute atomic E-state index is 12.7. The number of rotatable bonds is 2. The molecule has 3 aliphatic rings. The second-order valence-corrected chi connectivity index (χ2v) is 6.27. The monoisotopic (exact) mass is 287 g/mol. The number of carbonyl (C=O) groups excluding carboxylic acids is 1. The highest BCUT2D eigenvalue weighted by Crippen LogP contribution is 2.34. The summed E-state index contributed by atoms with van der Waals surface area (Å²) in [6.07, 6.45) is 8.64. The Morgan fingerprint density at radius 1 is 1.19 bits per heavy atom. The smallest absolute Gasteiger partial charge is 0.227 e. The van der Waals surface area contributed by atoms with Crippen LogP contribution in [0.3, 0.4) is 0 Å². The molecule has 4 heterocycles. The molecule has 0 aromatic carbocycles. The highest BCUT2D eigenvalue weighted by molar-refractivity contribution is 5.80. The number of nitrogens with zero attached hydrogens (tertiary/aromatic N) is 4. The van der Waals surface area contributed by atoms with Gasteiger partial charge in [-0.15, -0.1) is 0 Å². The van der Waals surface area contributed by atoms with Crippen LogP contribution in [0.25, 0.3) is 0 Å². The van der Waals surface area contributed by atoms with Crippen LogP contribution in [0.5, 0.6) is 0 Å². The van der Waals surface area contributed by atoms with Crippen LogP contribution in [-0.2, 0) is 4.79 Å². The molecular formula is C15H21N5O. The van der Waals surface area contributed by atoms with Gasteiger partial charge < -0.3 is 15.1 Å². The van der Waals surface area contributed by atoms with E-state index in [1.807, 2.05) is 4.90 Å². The molecule has 3 atom stereocenters. The molecule has 2 bridgehead atoms. The van der Waals surface area contributed by atoms with Gasteiger partial charge in [-0.25, -0.2) is 4.98 Å². The highest BCUT2D eigenvalue weighted by atomic mass is 16.2. The van der Waals surface area contributed by atoms with Crippen molar-refractivity contribution in [2.45, 2.75) is 31.3 Å². The fraction of sp³-hybridized carbons (Fsp3) is 0.667.